The van der Waals surface area contributed by atoms with Crippen LogP contribution in [0.5, 0.6) is 5.75 Å². The fourth-order valence-electron chi connectivity index (χ4n) is 4.06. The van der Waals surface area contributed by atoms with Crippen molar-refractivity contribution in [2.75, 3.05) is 18.5 Å². The first kappa shape index (κ1) is 28.5. The second-order valence-electron chi connectivity index (χ2n) is 9.59. The summed E-state index contributed by atoms with van der Waals surface area (Å²) in [6.45, 7) is 5.98. The average Bonchev–Trinajstić information content (AvgIpc) is 3.07. The molecule has 0 aliphatic rings. The number of nitrogens with two attached hydrogens (primary N) is 1. The third kappa shape index (κ3) is 6.83. The van der Waals surface area contributed by atoms with Gasteiger partial charge in [0.05, 0.1) is 30.0 Å². The van der Waals surface area contributed by atoms with Crippen molar-refractivity contribution < 1.29 is 19.1 Å². The Kier molecular flexibility index (Phi) is 9.00. The molecule has 2 aromatic carbocycles. The normalized spacial score (nSPS) is 11.2. The highest BCUT2D eigenvalue weighted by Crippen LogP contribution is 2.25. The summed E-state index contributed by atoms with van der Waals surface area (Å²) >= 11 is 6.06. The maximum atomic E-state index is 13.3. The Morgan fingerprint density at radius 3 is 2.42 bits per heavy atom. The SMILES string of the molecule is CCOc1ccc(Cl)cc1C(=O)NCC(C)(C)CC(=O)Nc1c(CC(N)=O)n(C)n(-c2ccccc2)c1=O. The van der Waals surface area contributed by atoms with Gasteiger partial charge in [0.1, 0.15) is 11.4 Å². The second kappa shape index (κ2) is 12.0. The standard InChI is InChI=1S/C27H32ClN5O5/c1-5-38-21-12-11-17(28)13-19(21)25(36)30-16-27(2,3)15-23(35)31-24-20(14-22(29)34)32(4)33(26(24)37)18-9-7-6-8-10-18/h6-13H,5,14-16H2,1-4H3,(H2,29,34)(H,30,36)(H,31,35). The van der Waals surface area contributed by atoms with Crippen LogP contribution >= 0.6 is 11.6 Å². The number of hydrogen-bond acceptors (Lipinski definition) is 5. The molecule has 0 fully saturated rings. The van der Waals surface area contributed by atoms with E-state index in [4.69, 9.17) is 22.1 Å². The van der Waals surface area contributed by atoms with Gasteiger partial charge in [0.2, 0.25) is 11.8 Å². The molecular formula is C27H32ClN5O5. The van der Waals surface area contributed by atoms with E-state index in [1.807, 2.05) is 26.8 Å². The number of carbonyl (C=O) groups excluding carboxylic acids is 3. The van der Waals surface area contributed by atoms with E-state index >= 15 is 0 Å². The molecule has 3 aromatic rings. The summed E-state index contributed by atoms with van der Waals surface area (Å²) in [4.78, 5) is 50.9. The monoisotopic (exact) mass is 541 g/mol. The van der Waals surface area contributed by atoms with Crippen molar-refractivity contribution in [3.8, 4) is 11.4 Å². The molecule has 10 nitrogen and oxygen atoms in total. The van der Waals surface area contributed by atoms with Crippen molar-refractivity contribution in [2.45, 2.75) is 33.6 Å². The van der Waals surface area contributed by atoms with Crippen LogP contribution in [-0.2, 0) is 23.1 Å². The minimum absolute atomic E-state index is 0.0136. The van der Waals surface area contributed by atoms with Crippen molar-refractivity contribution >= 4 is 35.0 Å². The number of aromatic nitrogens is 2. The average molecular weight is 542 g/mol. The van der Waals surface area contributed by atoms with E-state index in [1.165, 1.54) is 15.4 Å². The zero-order valence-electron chi connectivity index (χ0n) is 21.8. The molecule has 3 amide bonds. The molecule has 0 saturated carbocycles. The number of primary amides is 1. The van der Waals surface area contributed by atoms with Crippen LogP contribution in [0.1, 0.15) is 43.2 Å². The molecule has 0 aliphatic heterocycles. The summed E-state index contributed by atoms with van der Waals surface area (Å²) in [6.07, 6.45) is -0.251. The van der Waals surface area contributed by atoms with E-state index in [9.17, 15) is 19.2 Å². The van der Waals surface area contributed by atoms with Gasteiger partial charge in [-0.2, -0.15) is 0 Å². The highest BCUT2D eigenvalue weighted by atomic mass is 35.5. The quantitative estimate of drug-likeness (QED) is 0.342. The first-order valence-corrected chi connectivity index (χ1v) is 12.5. The lowest BCUT2D eigenvalue weighted by atomic mass is 9.88. The van der Waals surface area contributed by atoms with Crippen molar-refractivity contribution in [1.29, 1.82) is 0 Å². The molecule has 3 rings (SSSR count). The lowest BCUT2D eigenvalue weighted by Crippen LogP contribution is -2.37. The summed E-state index contributed by atoms with van der Waals surface area (Å²) in [7, 11) is 1.62. The van der Waals surface area contributed by atoms with Crippen LogP contribution in [0.4, 0.5) is 5.69 Å². The van der Waals surface area contributed by atoms with E-state index in [0.717, 1.165) is 0 Å². The van der Waals surface area contributed by atoms with Gasteiger partial charge in [-0.05, 0) is 42.7 Å². The van der Waals surface area contributed by atoms with Gasteiger partial charge in [0.25, 0.3) is 11.5 Å². The number of nitrogens with zero attached hydrogens (tertiary/aromatic N) is 2. The van der Waals surface area contributed by atoms with E-state index < -0.39 is 22.8 Å². The first-order valence-electron chi connectivity index (χ1n) is 12.1. The Balaban J connectivity index is 1.76. The molecule has 0 bridgehead atoms. The number of hydrogen-bond donors (Lipinski definition) is 3. The molecule has 38 heavy (non-hydrogen) atoms. The minimum Gasteiger partial charge on any atom is -0.493 e. The van der Waals surface area contributed by atoms with E-state index in [-0.39, 0.29) is 36.7 Å². The molecule has 0 unspecified atom stereocenters. The number of amides is 3. The molecule has 0 radical (unpaired) electrons. The van der Waals surface area contributed by atoms with Crippen molar-refractivity contribution in [2.24, 2.45) is 18.2 Å². The summed E-state index contributed by atoms with van der Waals surface area (Å²) in [5, 5.41) is 5.90. The topological polar surface area (TPSA) is 137 Å². The van der Waals surface area contributed by atoms with Crippen molar-refractivity contribution in [3.05, 3.63) is 75.2 Å². The highest BCUT2D eigenvalue weighted by Gasteiger charge is 2.27. The molecule has 1 aromatic heterocycles. The molecule has 0 atom stereocenters. The minimum atomic E-state index is -0.679. The molecule has 0 aliphatic carbocycles. The Labute approximate surface area is 225 Å². The highest BCUT2D eigenvalue weighted by molar-refractivity contribution is 6.31. The number of anilines is 1. The summed E-state index contributed by atoms with van der Waals surface area (Å²) in [6, 6.07) is 13.6. The molecule has 11 heteroatoms. The summed E-state index contributed by atoms with van der Waals surface area (Å²) < 4.78 is 8.38. The van der Waals surface area contributed by atoms with Gasteiger partial charge in [-0.15, -0.1) is 0 Å². The van der Waals surface area contributed by atoms with Crippen LogP contribution in [0.15, 0.2) is 53.3 Å². The molecule has 4 N–H and O–H groups in total. The molecule has 202 valence electrons. The fraction of sp³-hybridized carbons (Fsp3) is 0.333. The van der Waals surface area contributed by atoms with Crippen LogP contribution in [0.3, 0.4) is 0 Å². The molecule has 1 heterocycles. The van der Waals surface area contributed by atoms with Crippen molar-refractivity contribution in [3.63, 3.8) is 0 Å². The summed E-state index contributed by atoms with van der Waals surface area (Å²) in [5.41, 5.74) is 5.38. The van der Waals surface area contributed by atoms with E-state index in [1.54, 1.807) is 43.4 Å². The Morgan fingerprint density at radius 1 is 1.11 bits per heavy atom. The zero-order valence-corrected chi connectivity index (χ0v) is 22.6. The third-order valence-electron chi connectivity index (χ3n) is 5.84. The van der Waals surface area contributed by atoms with E-state index in [0.29, 0.717) is 28.6 Å². The first-order chi connectivity index (χ1) is 17.9. The van der Waals surface area contributed by atoms with Crippen molar-refractivity contribution in [1.82, 2.24) is 14.7 Å². The number of rotatable bonds is 11. The van der Waals surface area contributed by atoms with Gasteiger partial charge < -0.3 is 21.1 Å². The summed E-state index contributed by atoms with van der Waals surface area (Å²) in [5.74, 6) is -1.07. The number of nitrogens with one attached hydrogen (secondary N) is 2. The largest absolute Gasteiger partial charge is 0.493 e. The maximum absolute atomic E-state index is 13.3. The van der Waals surface area contributed by atoms with Crippen LogP contribution in [0.2, 0.25) is 5.02 Å². The molecular weight excluding hydrogens is 510 g/mol. The zero-order chi connectivity index (χ0) is 28.0. The predicted molar refractivity (Wildman–Crippen MR) is 146 cm³/mol. The lowest BCUT2D eigenvalue weighted by molar-refractivity contribution is -0.118. The fourth-order valence-corrected chi connectivity index (χ4v) is 4.23. The number of benzene rings is 2. The van der Waals surface area contributed by atoms with Gasteiger partial charge in [-0.25, -0.2) is 4.68 Å². The number of halogens is 1. The predicted octanol–water partition coefficient (Wildman–Crippen LogP) is 3.04. The van der Waals surface area contributed by atoms with Gasteiger partial charge in [-0.1, -0.05) is 43.6 Å². The third-order valence-corrected chi connectivity index (χ3v) is 6.08. The second-order valence-corrected chi connectivity index (χ2v) is 10.0. The van der Waals surface area contributed by atoms with Gasteiger partial charge in [-0.3, -0.25) is 23.9 Å². The Bertz CT molecular complexity index is 1390. The van der Waals surface area contributed by atoms with Crippen LogP contribution in [-0.4, -0.2) is 40.2 Å². The lowest BCUT2D eigenvalue weighted by Gasteiger charge is -2.24. The van der Waals surface area contributed by atoms with Crippen LogP contribution < -0.4 is 26.7 Å². The Morgan fingerprint density at radius 2 is 1.79 bits per heavy atom. The number of ether oxygens (including phenoxy) is 1. The van der Waals surface area contributed by atoms with Gasteiger partial charge >= 0.3 is 0 Å². The van der Waals surface area contributed by atoms with E-state index in [2.05, 4.69) is 10.6 Å². The molecule has 0 saturated heterocycles. The number of carbonyl (C=O) groups is 3. The van der Waals surface area contributed by atoms with Crippen LogP contribution in [0, 0.1) is 5.41 Å². The maximum Gasteiger partial charge on any atom is 0.295 e. The Hall–Kier alpha value is -4.05. The molecule has 0 spiro atoms. The smallest absolute Gasteiger partial charge is 0.295 e. The van der Waals surface area contributed by atoms with Gasteiger partial charge in [0, 0.05) is 25.0 Å². The van der Waals surface area contributed by atoms with Gasteiger partial charge in [0.15, 0.2) is 0 Å². The number of para-hydroxylation sites is 1. The van der Waals surface area contributed by atoms with Crippen LogP contribution in [0.25, 0.3) is 5.69 Å².